The summed E-state index contributed by atoms with van der Waals surface area (Å²) in [6, 6.07) is 8.05. The number of nitrogens with zero attached hydrogens (tertiary/aromatic N) is 3. The van der Waals surface area contributed by atoms with E-state index in [0.717, 1.165) is 49.2 Å². The number of aliphatic hydroxyl groups excluding tert-OH is 1. The van der Waals surface area contributed by atoms with Crippen LogP contribution in [-0.2, 0) is 17.8 Å². The molecular formula is C19H27N3O2. The van der Waals surface area contributed by atoms with E-state index in [2.05, 4.69) is 15.6 Å². The molecule has 1 fully saturated rings. The Morgan fingerprint density at radius 2 is 1.88 bits per heavy atom. The van der Waals surface area contributed by atoms with Crippen molar-refractivity contribution in [3.8, 4) is 0 Å². The van der Waals surface area contributed by atoms with Crippen molar-refractivity contribution in [3.63, 3.8) is 0 Å². The van der Waals surface area contributed by atoms with Gasteiger partial charge in [0.05, 0.1) is 11.0 Å². The van der Waals surface area contributed by atoms with E-state index in [1.54, 1.807) is 0 Å². The van der Waals surface area contributed by atoms with Gasteiger partial charge in [-0.15, -0.1) is 0 Å². The van der Waals surface area contributed by atoms with Gasteiger partial charge in [0, 0.05) is 39.1 Å². The number of aliphatic hydroxyl groups is 1. The summed E-state index contributed by atoms with van der Waals surface area (Å²) >= 11 is 0. The van der Waals surface area contributed by atoms with Crippen molar-refractivity contribution < 1.29 is 9.90 Å². The average molecular weight is 329 g/mol. The lowest BCUT2D eigenvalue weighted by Gasteiger charge is -2.20. The van der Waals surface area contributed by atoms with Crippen molar-refractivity contribution >= 4 is 16.9 Å². The van der Waals surface area contributed by atoms with E-state index < -0.39 is 0 Å². The Hall–Kier alpha value is -1.88. The van der Waals surface area contributed by atoms with Crippen LogP contribution in [0.2, 0.25) is 0 Å². The lowest BCUT2D eigenvalue weighted by molar-refractivity contribution is -0.131. The molecule has 1 amide bonds. The number of hydrogen-bond donors (Lipinski definition) is 1. The fourth-order valence-corrected chi connectivity index (χ4v) is 3.49. The second kappa shape index (κ2) is 8.29. The van der Waals surface area contributed by atoms with E-state index in [-0.39, 0.29) is 12.5 Å². The van der Waals surface area contributed by atoms with Gasteiger partial charge in [-0.1, -0.05) is 25.0 Å². The molecule has 1 saturated heterocycles. The molecule has 1 aliphatic heterocycles. The molecule has 0 bridgehead atoms. The van der Waals surface area contributed by atoms with Crippen LogP contribution in [0.5, 0.6) is 0 Å². The van der Waals surface area contributed by atoms with Crippen molar-refractivity contribution in [3.05, 3.63) is 30.1 Å². The van der Waals surface area contributed by atoms with Gasteiger partial charge in [-0.3, -0.25) is 4.79 Å². The third-order valence-electron chi connectivity index (χ3n) is 4.80. The molecule has 0 atom stereocenters. The topological polar surface area (TPSA) is 58.4 Å². The lowest BCUT2D eigenvalue weighted by Crippen LogP contribution is -2.32. The number of carbonyl (C=O) groups is 1. The Balaban J connectivity index is 1.72. The normalized spacial score (nSPS) is 15.6. The summed E-state index contributed by atoms with van der Waals surface area (Å²) in [6.07, 6.45) is 6.68. The van der Waals surface area contributed by atoms with E-state index >= 15 is 0 Å². The molecular weight excluding hydrogens is 302 g/mol. The predicted molar refractivity (Wildman–Crippen MR) is 94.8 cm³/mol. The van der Waals surface area contributed by atoms with Crippen molar-refractivity contribution in [2.45, 2.75) is 51.5 Å². The minimum atomic E-state index is 0.163. The third kappa shape index (κ3) is 3.96. The van der Waals surface area contributed by atoms with Crippen LogP contribution in [0, 0.1) is 0 Å². The summed E-state index contributed by atoms with van der Waals surface area (Å²) < 4.78 is 2.15. The highest BCUT2D eigenvalue weighted by atomic mass is 16.3. The molecule has 0 aliphatic carbocycles. The molecule has 0 saturated carbocycles. The molecule has 1 aromatic heterocycles. The summed E-state index contributed by atoms with van der Waals surface area (Å²) in [5, 5.41) is 9.11. The number of para-hydroxylation sites is 2. The predicted octanol–water partition coefficient (Wildman–Crippen LogP) is 2.75. The smallest absolute Gasteiger partial charge is 0.224 e. The summed E-state index contributed by atoms with van der Waals surface area (Å²) in [5.74, 6) is 1.22. The number of benzene rings is 1. The first-order valence-electron chi connectivity index (χ1n) is 9.12. The lowest BCUT2D eigenvalue weighted by atomic mass is 10.2. The van der Waals surface area contributed by atoms with Gasteiger partial charge in [-0.25, -0.2) is 4.98 Å². The molecule has 5 nitrogen and oxygen atoms in total. The number of imidazole rings is 1. The van der Waals surface area contributed by atoms with Crippen LogP contribution in [-0.4, -0.2) is 45.2 Å². The van der Waals surface area contributed by atoms with Crippen LogP contribution in [0.15, 0.2) is 24.3 Å². The SMILES string of the molecule is O=C(CCn1c(CCCO)nc2ccccc21)N1CCCCCC1. The Kier molecular flexibility index (Phi) is 5.86. The van der Waals surface area contributed by atoms with Crippen molar-refractivity contribution in [1.82, 2.24) is 14.5 Å². The summed E-state index contributed by atoms with van der Waals surface area (Å²) in [4.78, 5) is 19.3. The fraction of sp³-hybridized carbons (Fsp3) is 0.579. The van der Waals surface area contributed by atoms with Crippen LogP contribution in [0.25, 0.3) is 11.0 Å². The maximum Gasteiger partial charge on any atom is 0.224 e. The highest BCUT2D eigenvalue weighted by Gasteiger charge is 2.17. The van der Waals surface area contributed by atoms with Gasteiger partial charge >= 0.3 is 0 Å². The molecule has 1 aromatic carbocycles. The maximum atomic E-state index is 12.6. The summed E-state index contributed by atoms with van der Waals surface area (Å²) in [5.41, 5.74) is 2.04. The minimum absolute atomic E-state index is 0.163. The zero-order valence-electron chi connectivity index (χ0n) is 14.3. The molecule has 1 N–H and O–H groups in total. The van der Waals surface area contributed by atoms with E-state index in [1.165, 1.54) is 12.8 Å². The maximum absolute atomic E-state index is 12.6. The van der Waals surface area contributed by atoms with Crippen LogP contribution in [0.3, 0.4) is 0 Å². The average Bonchev–Trinajstić information content (AvgIpc) is 2.76. The van der Waals surface area contributed by atoms with Crippen LogP contribution < -0.4 is 0 Å². The van der Waals surface area contributed by atoms with Gasteiger partial charge in [0.1, 0.15) is 5.82 Å². The number of likely N-dealkylation sites (tertiary alicyclic amines) is 1. The molecule has 130 valence electrons. The highest BCUT2D eigenvalue weighted by Crippen LogP contribution is 2.18. The number of hydrogen-bond acceptors (Lipinski definition) is 3. The number of fused-ring (bicyclic) bond motifs is 1. The van der Waals surface area contributed by atoms with Crippen LogP contribution >= 0.6 is 0 Å². The minimum Gasteiger partial charge on any atom is -0.396 e. The highest BCUT2D eigenvalue weighted by molar-refractivity contribution is 5.78. The number of amides is 1. The number of aryl methyl sites for hydroxylation is 2. The van der Waals surface area contributed by atoms with Crippen molar-refractivity contribution in [2.75, 3.05) is 19.7 Å². The van der Waals surface area contributed by atoms with Gasteiger partial charge in [-0.2, -0.15) is 0 Å². The Morgan fingerprint density at radius 3 is 2.62 bits per heavy atom. The summed E-state index contributed by atoms with van der Waals surface area (Å²) in [6.45, 7) is 2.63. The summed E-state index contributed by atoms with van der Waals surface area (Å²) in [7, 11) is 0. The molecule has 2 aromatic rings. The Bertz CT molecular complexity index is 672. The van der Waals surface area contributed by atoms with E-state index in [9.17, 15) is 4.79 Å². The first-order valence-corrected chi connectivity index (χ1v) is 9.12. The molecule has 24 heavy (non-hydrogen) atoms. The van der Waals surface area contributed by atoms with Crippen molar-refractivity contribution in [1.29, 1.82) is 0 Å². The van der Waals surface area contributed by atoms with E-state index in [4.69, 9.17) is 5.11 Å². The quantitative estimate of drug-likeness (QED) is 0.886. The monoisotopic (exact) mass is 329 g/mol. The fourth-order valence-electron chi connectivity index (χ4n) is 3.49. The molecule has 0 radical (unpaired) electrons. The second-order valence-corrected chi connectivity index (χ2v) is 6.54. The van der Waals surface area contributed by atoms with Crippen LogP contribution in [0.1, 0.15) is 44.3 Å². The van der Waals surface area contributed by atoms with E-state index in [0.29, 0.717) is 19.4 Å². The molecule has 0 spiro atoms. The Labute approximate surface area is 143 Å². The zero-order chi connectivity index (χ0) is 16.8. The van der Waals surface area contributed by atoms with Crippen LogP contribution in [0.4, 0.5) is 0 Å². The van der Waals surface area contributed by atoms with Gasteiger partial charge < -0.3 is 14.6 Å². The van der Waals surface area contributed by atoms with E-state index in [1.807, 2.05) is 23.1 Å². The molecule has 2 heterocycles. The number of rotatable bonds is 6. The largest absolute Gasteiger partial charge is 0.396 e. The standard InChI is InChI=1S/C19H27N3O2/c23-15-7-10-18-20-16-8-3-4-9-17(16)22(18)14-11-19(24)21-12-5-1-2-6-13-21/h3-4,8-9,23H,1-2,5-7,10-15H2. The van der Waals surface area contributed by atoms with Gasteiger partial charge in [0.2, 0.25) is 5.91 Å². The number of aromatic nitrogens is 2. The molecule has 3 rings (SSSR count). The third-order valence-corrected chi connectivity index (χ3v) is 4.80. The number of carbonyl (C=O) groups excluding carboxylic acids is 1. The van der Waals surface area contributed by atoms with Gasteiger partial charge in [-0.05, 0) is 31.4 Å². The first kappa shape index (κ1) is 17.0. The molecule has 0 unspecified atom stereocenters. The molecule has 5 heteroatoms. The molecule has 1 aliphatic rings. The van der Waals surface area contributed by atoms with Crippen molar-refractivity contribution in [2.24, 2.45) is 0 Å². The zero-order valence-corrected chi connectivity index (χ0v) is 14.3. The van der Waals surface area contributed by atoms with Gasteiger partial charge in [0.15, 0.2) is 0 Å². The second-order valence-electron chi connectivity index (χ2n) is 6.54. The van der Waals surface area contributed by atoms with Gasteiger partial charge in [0.25, 0.3) is 0 Å². The first-order chi connectivity index (χ1) is 11.8. The Morgan fingerprint density at radius 1 is 1.12 bits per heavy atom.